The van der Waals surface area contributed by atoms with Gasteiger partial charge in [-0.25, -0.2) is 4.98 Å². The first kappa shape index (κ1) is 11.9. The first-order valence-electron chi connectivity index (χ1n) is 4.91. The molecule has 0 bridgehead atoms. The van der Waals surface area contributed by atoms with Crippen LogP contribution in [0.3, 0.4) is 0 Å². The van der Waals surface area contributed by atoms with Gasteiger partial charge in [-0.05, 0) is 43.2 Å². The molecule has 0 amide bonds. The summed E-state index contributed by atoms with van der Waals surface area (Å²) in [6.07, 6.45) is 4.33. The van der Waals surface area contributed by atoms with E-state index in [1.165, 1.54) is 12.8 Å². The van der Waals surface area contributed by atoms with Crippen LogP contribution in [-0.4, -0.2) is 9.73 Å². The predicted molar refractivity (Wildman–Crippen MR) is 66.7 cm³/mol. The van der Waals surface area contributed by atoms with E-state index in [1.54, 1.807) is 10.8 Å². The lowest BCUT2D eigenvalue weighted by atomic mass is 10.1. The highest BCUT2D eigenvalue weighted by molar-refractivity contribution is 8.77. The first-order chi connectivity index (χ1) is 6.64. The number of pyridine rings is 1. The van der Waals surface area contributed by atoms with E-state index in [9.17, 15) is 0 Å². The summed E-state index contributed by atoms with van der Waals surface area (Å²) in [6.45, 7) is 6.81. The maximum Gasteiger partial charge on any atom is 0.106 e. The zero-order chi connectivity index (χ0) is 10.4. The van der Waals surface area contributed by atoms with E-state index >= 15 is 0 Å². The van der Waals surface area contributed by atoms with Crippen LogP contribution >= 0.6 is 21.6 Å². The van der Waals surface area contributed by atoms with Gasteiger partial charge in [0.1, 0.15) is 5.03 Å². The van der Waals surface area contributed by atoms with Crippen LogP contribution in [0.5, 0.6) is 0 Å². The van der Waals surface area contributed by atoms with Crippen LogP contribution in [0.15, 0.2) is 29.4 Å². The smallest absolute Gasteiger partial charge is 0.106 e. The van der Waals surface area contributed by atoms with Gasteiger partial charge in [0.05, 0.1) is 0 Å². The maximum atomic E-state index is 4.28. The third-order valence-corrected chi connectivity index (χ3v) is 5.11. The second kappa shape index (κ2) is 5.66. The maximum absolute atomic E-state index is 4.28. The molecule has 0 aliphatic carbocycles. The van der Waals surface area contributed by atoms with Crippen LogP contribution in [0.1, 0.15) is 33.6 Å². The molecule has 14 heavy (non-hydrogen) atoms. The topological polar surface area (TPSA) is 12.9 Å². The summed E-state index contributed by atoms with van der Waals surface area (Å²) in [7, 11) is 3.68. The van der Waals surface area contributed by atoms with Crippen molar-refractivity contribution < 1.29 is 0 Å². The van der Waals surface area contributed by atoms with Crippen molar-refractivity contribution >= 4 is 21.6 Å². The van der Waals surface area contributed by atoms with Gasteiger partial charge in [0.2, 0.25) is 0 Å². The molecule has 1 heterocycles. The summed E-state index contributed by atoms with van der Waals surface area (Å²) in [4.78, 5) is 4.28. The highest BCUT2D eigenvalue weighted by Crippen LogP contribution is 2.41. The Bertz CT molecular complexity index is 259. The van der Waals surface area contributed by atoms with Crippen molar-refractivity contribution in [3.63, 3.8) is 0 Å². The minimum Gasteiger partial charge on any atom is -0.249 e. The summed E-state index contributed by atoms with van der Waals surface area (Å²) in [5, 5.41) is 1.10. The van der Waals surface area contributed by atoms with Crippen LogP contribution in [0.4, 0.5) is 0 Å². The van der Waals surface area contributed by atoms with Crippen molar-refractivity contribution in [2.45, 2.75) is 43.4 Å². The monoisotopic (exact) mass is 227 g/mol. The molecule has 0 saturated carbocycles. The number of rotatable bonds is 5. The van der Waals surface area contributed by atoms with E-state index in [2.05, 4.69) is 31.8 Å². The van der Waals surface area contributed by atoms with Gasteiger partial charge in [0.15, 0.2) is 0 Å². The van der Waals surface area contributed by atoms with Gasteiger partial charge in [-0.2, -0.15) is 0 Å². The van der Waals surface area contributed by atoms with Gasteiger partial charge >= 0.3 is 0 Å². The third kappa shape index (κ3) is 4.38. The molecule has 0 atom stereocenters. The minimum absolute atomic E-state index is 0.344. The molecular formula is C11H17NS2. The van der Waals surface area contributed by atoms with Gasteiger partial charge in [0, 0.05) is 10.9 Å². The lowest BCUT2D eigenvalue weighted by Crippen LogP contribution is -2.11. The summed E-state index contributed by atoms with van der Waals surface area (Å²) in [5.74, 6) is 0. The summed E-state index contributed by atoms with van der Waals surface area (Å²) in [6, 6.07) is 6.04. The van der Waals surface area contributed by atoms with Crippen molar-refractivity contribution in [1.29, 1.82) is 0 Å². The van der Waals surface area contributed by atoms with Crippen LogP contribution in [-0.2, 0) is 0 Å². The summed E-state index contributed by atoms with van der Waals surface area (Å²) in [5.41, 5.74) is 0. The molecule has 1 rings (SSSR count). The minimum atomic E-state index is 0.344. The predicted octanol–water partition coefficient (Wildman–Crippen LogP) is 4.40. The number of nitrogens with zero attached hydrogens (tertiary/aromatic N) is 1. The molecule has 3 heteroatoms. The van der Waals surface area contributed by atoms with E-state index in [0.29, 0.717) is 4.75 Å². The molecule has 0 saturated heterocycles. The Hall–Kier alpha value is -0.150. The Kier molecular flexibility index (Phi) is 4.82. The SMILES string of the molecule is CCCC(C)(C)SSc1ccccn1. The zero-order valence-corrected chi connectivity index (χ0v) is 10.6. The molecule has 0 fully saturated rings. The molecule has 78 valence electrons. The summed E-state index contributed by atoms with van der Waals surface area (Å²) >= 11 is 0. The highest BCUT2D eigenvalue weighted by Gasteiger charge is 2.17. The normalized spacial score (nSPS) is 11.6. The second-order valence-electron chi connectivity index (χ2n) is 3.84. The Morgan fingerprint density at radius 2 is 2.14 bits per heavy atom. The van der Waals surface area contributed by atoms with Crippen molar-refractivity contribution in [1.82, 2.24) is 4.98 Å². The molecule has 1 aromatic heterocycles. The molecule has 0 aliphatic rings. The standard InChI is InChI=1S/C11H17NS2/c1-4-8-11(2,3)14-13-10-7-5-6-9-12-10/h5-7,9H,4,8H2,1-3H3. The Morgan fingerprint density at radius 3 is 2.71 bits per heavy atom. The molecule has 0 radical (unpaired) electrons. The Balaban J connectivity index is 2.40. The van der Waals surface area contributed by atoms with Crippen molar-refractivity contribution in [2.75, 3.05) is 0 Å². The fraction of sp³-hybridized carbons (Fsp3) is 0.545. The van der Waals surface area contributed by atoms with Gasteiger partial charge in [-0.15, -0.1) is 0 Å². The van der Waals surface area contributed by atoms with Gasteiger partial charge < -0.3 is 0 Å². The van der Waals surface area contributed by atoms with Crippen molar-refractivity contribution in [2.24, 2.45) is 0 Å². The average molecular weight is 227 g/mol. The molecule has 0 N–H and O–H groups in total. The molecule has 1 aromatic rings. The fourth-order valence-electron chi connectivity index (χ4n) is 1.20. The molecule has 0 unspecified atom stereocenters. The summed E-state index contributed by atoms with van der Waals surface area (Å²) < 4.78 is 0.344. The second-order valence-corrected chi connectivity index (χ2v) is 6.70. The number of aromatic nitrogens is 1. The molecule has 0 aliphatic heterocycles. The largest absolute Gasteiger partial charge is 0.249 e. The molecular weight excluding hydrogens is 210 g/mol. The van der Waals surface area contributed by atoms with Crippen LogP contribution in [0.25, 0.3) is 0 Å². The Morgan fingerprint density at radius 1 is 1.36 bits per heavy atom. The average Bonchev–Trinajstić information content (AvgIpc) is 2.17. The van der Waals surface area contributed by atoms with Gasteiger partial charge in [-0.3, -0.25) is 0 Å². The Labute approximate surface area is 94.5 Å². The van der Waals surface area contributed by atoms with Crippen molar-refractivity contribution in [3.8, 4) is 0 Å². The molecule has 0 aromatic carbocycles. The quantitative estimate of drug-likeness (QED) is 0.692. The van der Waals surface area contributed by atoms with Gasteiger partial charge in [0.25, 0.3) is 0 Å². The third-order valence-electron chi connectivity index (χ3n) is 1.84. The van der Waals surface area contributed by atoms with Gasteiger partial charge in [-0.1, -0.05) is 30.2 Å². The molecule has 1 nitrogen and oxygen atoms in total. The van der Waals surface area contributed by atoms with Crippen molar-refractivity contribution in [3.05, 3.63) is 24.4 Å². The lowest BCUT2D eigenvalue weighted by molar-refractivity contribution is 0.631. The van der Waals surface area contributed by atoms with Crippen LogP contribution in [0, 0.1) is 0 Å². The van der Waals surface area contributed by atoms with E-state index in [-0.39, 0.29) is 0 Å². The van der Waals surface area contributed by atoms with Crippen LogP contribution in [0.2, 0.25) is 0 Å². The highest BCUT2D eigenvalue weighted by atomic mass is 33.1. The molecule has 0 spiro atoms. The lowest BCUT2D eigenvalue weighted by Gasteiger charge is -2.21. The number of hydrogen-bond acceptors (Lipinski definition) is 3. The van der Waals surface area contributed by atoms with E-state index in [1.807, 2.05) is 29.1 Å². The zero-order valence-electron chi connectivity index (χ0n) is 8.99. The first-order valence-corrected chi connectivity index (χ1v) is 7.06. The van der Waals surface area contributed by atoms with Crippen LogP contribution < -0.4 is 0 Å². The van der Waals surface area contributed by atoms with E-state index < -0.39 is 0 Å². The fourth-order valence-corrected chi connectivity index (χ4v) is 3.51. The number of hydrogen-bond donors (Lipinski definition) is 0. The van der Waals surface area contributed by atoms with E-state index in [0.717, 1.165) is 5.03 Å². The van der Waals surface area contributed by atoms with E-state index in [4.69, 9.17) is 0 Å².